The second kappa shape index (κ2) is 9.09. The molecule has 7 nitrogen and oxygen atoms in total. The zero-order valence-corrected chi connectivity index (χ0v) is 16.0. The van der Waals surface area contributed by atoms with E-state index in [1.165, 1.54) is 11.3 Å². The predicted molar refractivity (Wildman–Crippen MR) is 104 cm³/mol. The fourth-order valence-electron chi connectivity index (χ4n) is 2.28. The molecule has 3 aromatic rings. The number of hydrogen-bond acceptors (Lipinski definition) is 7. The number of methoxy groups -OCH3 is 1. The summed E-state index contributed by atoms with van der Waals surface area (Å²) in [5.41, 5.74) is 1.49. The van der Waals surface area contributed by atoms with E-state index in [9.17, 15) is 4.79 Å². The number of thiazole rings is 1. The average molecular weight is 384 g/mol. The van der Waals surface area contributed by atoms with E-state index in [2.05, 4.69) is 27.2 Å². The lowest BCUT2D eigenvalue weighted by atomic mass is 10.2. The van der Waals surface area contributed by atoms with E-state index >= 15 is 0 Å². The topological polar surface area (TPSA) is 86.2 Å². The molecule has 0 atom stereocenters. The van der Waals surface area contributed by atoms with Crippen LogP contribution in [-0.2, 0) is 0 Å². The molecule has 1 amide bonds. The Bertz CT molecular complexity index is 899. The van der Waals surface area contributed by atoms with Gasteiger partial charge in [-0.25, -0.2) is 4.98 Å². The number of nitrogens with one attached hydrogen (secondary N) is 1. The normalized spacial score (nSPS) is 10.4. The third kappa shape index (κ3) is 4.79. The van der Waals surface area contributed by atoms with Crippen molar-refractivity contribution in [1.82, 2.24) is 15.0 Å². The summed E-state index contributed by atoms with van der Waals surface area (Å²) in [7, 11) is 1.58. The van der Waals surface area contributed by atoms with Gasteiger partial charge in [0.1, 0.15) is 27.9 Å². The predicted octanol–water partition coefficient (Wildman–Crippen LogP) is 4.04. The van der Waals surface area contributed by atoms with Crippen molar-refractivity contribution in [1.29, 1.82) is 0 Å². The highest BCUT2D eigenvalue weighted by atomic mass is 32.1. The Hall–Kier alpha value is -3.00. The second-order valence-electron chi connectivity index (χ2n) is 5.65. The Labute approximate surface area is 161 Å². The van der Waals surface area contributed by atoms with Gasteiger partial charge in [-0.2, -0.15) is 0 Å². The molecule has 3 rings (SSSR count). The number of ether oxygens (including phenoxy) is 2. The molecule has 1 aromatic carbocycles. The van der Waals surface area contributed by atoms with E-state index in [1.807, 2.05) is 0 Å². The van der Waals surface area contributed by atoms with Crippen LogP contribution in [0.25, 0.3) is 10.7 Å². The van der Waals surface area contributed by atoms with E-state index in [0.29, 0.717) is 40.2 Å². The van der Waals surface area contributed by atoms with Gasteiger partial charge in [-0.3, -0.25) is 14.8 Å². The maximum Gasteiger partial charge on any atom is 0.275 e. The first-order chi connectivity index (χ1) is 13.2. The van der Waals surface area contributed by atoms with E-state index < -0.39 is 0 Å². The van der Waals surface area contributed by atoms with Crippen molar-refractivity contribution in [3.8, 4) is 22.2 Å². The summed E-state index contributed by atoms with van der Waals surface area (Å²) < 4.78 is 11.0. The van der Waals surface area contributed by atoms with Gasteiger partial charge in [0.25, 0.3) is 5.91 Å². The highest BCUT2D eigenvalue weighted by Gasteiger charge is 2.15. The third-order valence-electron chi connectivity index (χ3n) is 3.71. The lowest BCUT2D eigenvalue weighted by Crippen LogP contribution is -2.13. The molecule has 0 fully saturated rings. The molecule has 0 radical (unpaired) electrons. The number of amides is 1. The Kier molecular flexibility index (Phi) is 6.32. The summed E-state index contributed by atoms with van der Waals surface area (Å²) >= 11 is 1.34. The SMILES string of the molecule is CCCCOc1ccc(OC)cc1NC(=O)c1csc(-c2cnccn2)n1. The third-order valence-corrected chi connectivity index (χ3v) is 4.57. The molecule has 0 aliphatic rings. The zero-order chi connectivity index (χ0) is 19.1. The van der Waals surface area contributed by atoms with Crippen LogP contribution in [0.2, 0.25) is 0 Å². The molecule has 2 aromatic heterocycles. The highest BCUT2D eigenvalue weighted by Crippen LogP contribution is 2.30. The Morgan fingerprint density at radius 3 is 2.93 bits per heavy atom. The fraction of sp³-hybridized carbons (Fsp3) is 0.263. The number of unbranched alkanes of at least 4 members (excludes halogenated alkanes) is 1. The number of aromatic nitrogens is 3. The molecule has 0 saturated carbocycles. The highest BCUT2D eigenvalue weighted by molar-refractivity contribution is 7.13. The Balaban J connectivity index is 1.78. The number of benzene rings is 1. The first-order valence-corrected chi connectivity index (χ1v) is 9.43. The standard InChI is InChI=1S/C19H20N4O3S/c1-3-4-9-26-17-6-5-13(25-2)10-14(17)22-18(24)16-12-27-19(23-16)15-11-20-7-8-21-15/h5-8,10-12H,3-4,9H2,1-2H3,(H,22,24). The summed E-state index contributed by atoms with van der Waals surface area (Å²) in [5, 5.41) is 5.19. The number of hydrogen-bond donors (Lipinski definition) is 1. The van der Waals surface area contributed by atoms with Crippen molar-refractivity contribution >= 4 is 22.9 Å². The maximum absolute atomic E-state index is 12.6. The van der Waals surface area contributed by atoms with Crippen LogP contribution in [-0.4, -0.2) is 34.6 Å². The van der Waals surface area contributed by atoms with E-state index in [4.69, 9.17) is 9.47 Å². The smallest absolute Gasteiger partial charge is 0.275 e. The molecule has 0 unspecified atom stereocenters. The number of nitrogens with zero attached hydrogens (tertiary/aromatic N) is 3. The Morgan fingerprint density at radius 2 is 2.19 bits per heavy atom. The van der Waals surface area contributed by atoms with Crippen molar-refractivity contribution in [2.45, 2.75) is 19.8 Å². The molecule has 8 heteroatoms. The monoisotopic (exact) mass is 384 g/mol. The first kappa shape index (κ1) is 18.8. The molecular formula is C19H20N4O3S. The molecule has 27 heavy (non-hydrogen) atoms. The molecule has 0 saturated heterocycles. The summed E-state index contributed by atoms with van der Waals surface area (Å²) in [6.45, 7) is 2.68. The van der Waals surface area contributed by atoms with Crippen LogP contribution in [0.15, 0.2) is 42.2 Å². The number of rotatable bonds is 8. The summed E-state index contributed by atoms with van der Waals surface area (Å²) in [6, 6.07) is 5.32. The minimum absolute atomic E-state index is 0.308. The van der Waals surface area contributed by atoms with Gasteiger partial charge in [-0.1, -0.05) is 13.3 Å². The van der Waals surface area contributed by atoms with Crippen molar-refractivity contribution in [2.75, 3.05) is 19.0 Å². The molecule has 2 heterocycles. The molecule has 0 aliphatic carbocycles. The van der Waals surface area contributed by atoms with Gasteiger partial charge in [-0.05, 0) is 18.6 Å². The lowest BCUT2D eigenvalue weighted by Gasteiger charge is -2.13. The van der Waals surface area contributed by atoms with Crippen molar-refractivity contribution in [3.63, 3.8) is 0 Å². The van der Waals surface area contributed by atoms with Crippen molar-refractivity contribution < 1.29 is 14.3 Å². The summed E-state index contributed by atoms with van der Waals surface area (Å²) in [6.07, 6.45) is 6.76. The van der Waals surface area contributed by atoms with Gasteiger partial charge < -0.3 is 14.8 Å². The van der Waals surface area contributed by atoms with Crippen LogP contribution >= 0.6 is 11.3 Å². The molecular weight excluding hydrogens is 364 g/mol. The summed E-state index contributed by atoms with van der Waals surface area (Å²) in [4.78, 5) is 25.2. The lowest BCUT2D eigenvalue weighted by molar-refractivity contribution is 0.102. The minimum Gasteiger partial charge on any atom is -0.497 e. The quantitative estimate of drug-likeness (QED) is 0.590. The summed E-state index contributed by atoms with van der Waals surface area (Å²) in [5.74, 6) is 0.906. The van der Waals surface area contributed by atoms with Crippen molar-refractivity contribution in [3.05, 3.63) is 47.9 Å². The maximum atomic E-state index is 12.6. The van der Waals surface area contributed by atoms with Gasteiger partial charge in [0.2, 0.25) is 0 Å². The minimum atomic E-state index is -0.324. The average Bonchev–Trinajstić information content (AvgIpc) is 3.20. The van der Waals surface area contributed by atoms with Gasteiger partial charge in [0.05, 0.1) is 25.6 Å². The van der Waals surface area contributed by atoms with Crippen LogP contribution < -0.4 is 14.8 Å². The molecule has 140 valence electrons. The molecule has 0 aliphatic heterocycles. The molecule has 0 bridgehead atoms. The van der Waals surface area contributed by atoms with Gasteiger partial charge in [0, 0.05) is 23.8 Å². The van der Waals surface area contributed by atoms with Gasteiger partial charge >= 0.3 is 0 Å². The largest absolute Gasteiger partial charge is 0.497 e. The van der Waals surface area contributed by atoms with Crippen LogP contribution in [0.5, 0.6) is 11.5 Å². The number of carbonyl (C=O) groups excluding carboxylic acids is 1. The zero-order valence-electron chi connectivity index (χ0n) is 15.1. The van der Waals surface area contributed by atoms with Crippen LogP contribution in [0.1, 0.15) is 30.3 Å². The van der Waals surface area contributed by atoms with Crippen LogP contribution in [0.4, 0.5) is 5.69 Å². The second-order valence-corrected chi connectivity index (χ2v) is 6.50. The van der Waals surface area contributed by atoms with Crippen LogP contribution in [0.3, 0.4) is 0 Å². The fourth-order valence-corrected chi connectivity index (χ4v) is 3.04. The molecule has 0 spiro atoms. The first-order valence-electron chi connectivity index (χ1n) is 8.55. The van der Waals surface area contributed by atoms with E-state index in [0.717, 1.165) is 12.8 Å². The van der Waals surface area contributed by atoms with Gasteiger partial charge in [-0.15, -0.1) is 11.3 Å². The Morgan fingerprint density at radius 1 is 1.30 bits per heavy atom. The van der Waals surface area contributed by atoms with E-state index in [1.54, 1.807) is 49.3 Å². The van der Waals surface area contributed by atoms with Crippen LogP contribution in [0, 0.1) is 0 Å². The van der Waals surface area contributed by atoms with E-state index in [-0.39, 0.29) is 5.91 Å². The number of anilines is 1. The van der Waals surface area contributed by atoms with Gasteiger partial charge in [0.15, 0.2) is 0 Å². The number of carbonyl (C=O) groups is 1. The molecule has 1 N–H and O–H groups in total. The van der Waals surface area contributed by atoms with Crippen molar-refractivity contribution in [2.24, 2.45) is 0 Å².